The number of aromatic nitrogens is 2. The SMILES string of the molecule is CCC(Sc1ccc(Cl)cc1)C(=O)Nc1nnc(-c2ccc(OC)cc2OC)s1. The van der Waals surface area contributed by atoms with E-state index < -0.39 is 0 Å². The second-order valence-electron chi connectivity index (χ2n) is 5.94. The van der Waals surface area contributed by atoms with Crippen LogP contribution in [0.3, 0.4) is 0 Å². The summed E-state index contributed by atoms with van der Waals surface area (Å²) in [5, 5.41) is 12.7. The van der Waals surface area contributed by atoms with Crippen LogP contribution in [0.4, 0.5) is 5.13 Å². The van der Waals surface area contributed by atoms with E-state index in [-0.39, 0.29) is 11.2 Å². The van der Waals surface area contributed by atoms with Crippen LogP contribution >= 0.6 is 34.7 Å². The van der Waals surface area contributed by atoms with E-state index in [1.54, 1.807) is 20.3 Å². The number of amides is 1. The summed E-state index contributed by atoms with van der Waals surface area (Å²) in [5.41, 5.74) is 0.786. The molecule has 152 valence electrons. The van der Waals surface area contributed by atoms with Gasteiger partial charge in [-0.25, -0.2) is 0 Å². The largest absolute Gasteiger partial charge is 0.497 e. The summed E-state index contributed by atoms with van der Waals surface area (Å²) in [6.45, 7) is 1.97. The van der Waals surface area contributed by atoms with Gasteiger partial charge in [0.1, 0.15) is 11.5 Å². The van der Waals surface area contributed by atoms with Crippen LogP contribution in [0.1, 0.15) is 13.3 Å². The number of carbonyl (C=O) groups excluding carboxylic acids is 1. The number of carbonyl (C=O) groups is 1. The Hall–Kier alpha value is -2.29. The normalized spacial score (nSPS) is 11.7. The van der Waals surface area contributed by atoms with E-state index >= 15 is 0 Å². The molecule has 1 aromatic heterocycles. The molecule has 1 unspecified atom stereocenters. The van der Waals surface area contributed by atoms with Gasteiger partial charge < -0.3 is 9.47 Å². The topological polar surface area (TPSA) is 73.3 Å². The Morgan fingerprint density at radius 2 is 1.93 bits per heavy atom. The molecule has 0 fully saturated rings. The smallest absolute Gasteiger partial charge is 0.239 e. The molecule has 0 aliphatic carbocycles. The highest BCUT2D eigenvalue weighted by Gasteiger charge is 2.20. The van der Waals surface area contributed by atoms with Crippen molar-refractivity contribution in [1.29, 1.82) is 0 Å². The first kappa shape index (κ1) is 21.4. The quantitative estimate of drug-likeness (QED) is 0.465. The predicted octanol–water partition coefficient (Wildman–Crippen LogP) is 5.39. The number of ether oxygens (including phenoxy) is 2. The highest BCUT2D eigenvalue weighted by atomic mass is 35.5. The summed E-state index contributed by atoms with van der Waals surface area (Å²) in [5.74, 6) is 1.20. The maximum absolute atomic E-state index is 12.7. The predicted molar refractivity (Wildman–Crippen MR) is 118 cm³/mol. The third-order valence-electron chi connectivity index (χ3n) is 4.05. The number of benzene rings is 2. The fraction of sp³-hybridized carbons (Fsp3) is 0.250. The number of hydrogen-bond donors (Lipinski definition) is 1. The van der Waals surface area contributed by atoms with Gasteiger partial charge in [0.15, 0.2) is 5.01 Å². The van der Waals surface area contributed by atoms with Crippen molar-refractivity contribution in [2.75, 3.05) is 19.5 Å². The maximum Gasteiger partial charge on any atom is 0.239 e. The van der Waals surface area contributed by atoms with Gasteiger partial charge in [-0.1, -0.05) is 29.9 Å². The first-order valence-electron chi connectivity index (χ1n) is 8.83. The molecule has 0 aliphatic rings. The number of halogens is 1. The Bertz CT molecular complexity index is 979. The van der Waals surface area contributed by atoms with Gasteiger partial charge in [0, 0.05) is 16.0 Å². The average Bonchev–Trinajstić information content (AvgIpc) is 3.20. The molecule has 29 heavy (non-hydrogen) atoms. The van der Waals surface area contributed by atoms with Crippen LogP contribution in [0, 0.1) is 0 Å². The van der Waals surface area contributed by atoms with Gasteiger partial charge in [-0.3, -0.25) is 10.1 Å². The first-order chi connectivity index (χ1) is 14.0. The number of methoxy groups -OCH3 is 2. The van der Waals surface area contributed by atoms with Crippen molar-refractivity contribution in [3.05, 3.63) is 47.5 Å². The molecular formula is C20H20ClN3O3S2. The average molecular weight is 450 g/mol. The van der Waals surface area contributed by atoms with E-state index in [0.717, 1.165) is 10.5 Å². The number of rotatable bonds is 8. The van der Waals surface area contributed by atoms with Gasteiger partial charge in [-0.15, -0.1) is 22.0 Å². The van der Waals surface area contributed by atoms with E-state index in [9.17, 15) is 4.79 Å². The van der Waals surface area contributed by atoms with Crippen molar-refractivity contribution in [2.45, 2.75) is 23.5 Å². The zero-order chi connectivity index (χ0) is 20.8. The fourth-order valence-corrected chi connectivity index (χ4v) is 4.40. The molecule has 0 spiro atoms. The summed E-state index contributed by atoms with van der Waals surface area (Å²) >= 11 is 8.71. The minimum Gasteiger partial charge on any atom is -0.497 e. The third-order valence-corrected chi connectivity index (χ3v) is 6.55. The standard InChI is InChI=1S/C20H20ClN3O3S2/c1-4-17(28-14-8-5-12(21)6-9-14)18(25)22-20-24-23-19(29-20)15-10-7-13(26-2)11-16(15)27-3/h5-11,17H,4H2,1-3H3,(H,22,24,25). The van der Waals surface area contributed by atoms with Gasteiger partial charge in [-0.05, 0) is 42.8 Å². The first-order valence-corrected chi connectivity index (χ1v) is 10.9. The number of hydrogen-bond acceptors (Lipinski definition) is 7. The van der Waals surface area contributed by atoms with E-state index in [1.165, 1.54) is 23.1 Å². The van der Waals surface area contributed by atoms with Crippen LogP contribution in [-0.2, 0) is 4.79 Å². The Morgan fingerprint density at radius 3 is 2.59 bits per heavy atom. The number of nitrogens with zero attached hydrogens (tertiary/aromatic N) is 2. The van der Waals surface area contributed by atoms with Crippen molar-refractivity contribution in [2.24, 2.45) is 0 Å². The lowest BCUT2D eigenvalue weighted by atomic mass is 10.2. The summed E-state index contributed by atoms with van der Waals surface area (Å²) in [6.07, 6.45) is 0.678. The molecule has 9 heteroatoms. The van der Waals surface area contributed by atoms with Gasteiger partial charge in [-0.2, -0.15) is 0 Å². The van der Waals surface area contributed by atoms with Crippen molar-refractivity contribution in [3.8, 4) is 22.1 Å². The van der Waals surface area contributed by atoms with E-state index in [0.29, 0.717) is 33.1 Å². The molecule has 1 amide bonds. The summed E-state index contributed by atoms with van der Waals surface area (Å²) in [7, 11) is 3.18. The van der Waals surface area contributed by atoms with E-state index in [4.69, 9.17) is 21.1 Å². The zero-order valence-corrected chi connectivity index (χ0v) is 18.5. The van der Waals surface area contributed by atoms with Crippen molar-refractivity contribution >= 4 is 45.7 Å². The van der Waals surface area contributed by atoms with Crippen LogP contribution in [0.15, 0.2) is 47.4 Å². The van der Waals surface area contributed by atoms with Crippen LogP contribution in [-0.4, -0.2) is 35.6 Å². The number of thioether (sulfide) groups is 1. The molecule has 0 saturated heterocycles. The molecular weight excluding hydrogens is 430 g/mol. The van der Waals surface area contributed by atoms with Crippen molar-refractivity contribution in [3.63, 3.8) is 0 Å². The zero-order valence-electron chi connectivity index (χ0n) is 16.1. The molecule has 0 aliphatic heterocycles. The Morgan fingerprint density at radius 1 is 1.17 bits per heavy atom. The van der Waals surface area contributed by atoms with Crippen molar-refractivity contribution in [1.82, 2.24) is 10.2 Å². The van der Waals surface area contributed by atoms with E-state index in [1.807, 2.05) is 43.3 Å². The van der Waals surface area contributed by atoms with Crippen LogP contribution in [0.2, 0.25) is 5.02 Å². The second kappa shape index (κ2) is 9.96. The molecule has 3 rings (SSSR count). The Labute approximate surface area is 182 Å². The lowest BCUT2D eigenvalue weighted by molar-refractivity contribution is -0.115. The molecule has 3 aromatic rings. The highest BCUT2D eigenvalue weighted by molar-refractivity contribution is 8.00. The molecule has 0 saturated carbocycles. The summed E-state index contributed by atoms with van der Waals surface area (Å²) < 4.78 is 10.6. The van der Waals surface area contributed by atoms with E-state index in [2.05, 4.69) is 15.5 Å². The lowest BCUT2D eigenvalue weighted by Crippen LogP contribution is -2.24. The highest BCUT2D eigenvalue weighted by Crippen LogP contribution is 2.36. The summed E-state index contributed by atoms with van der Waals surface area (Å²) in [6, 6.07) is 12.9. The molecule has 2 aromatic carbocycles. The molecule has 0 radical (unpaired) electrons. The monoisotopic (exact) mass is 449 g/mol. The third kappa shape index (κ3) is 5.41. The van der Waals surface area contributed by atoms with Gasteiger partial charge in [0.2, 0.25) is 11.0 Å². The van der Waals surface area contributed by atoms with Crippen LogP contribution in [0.25, 0.3) is 10.6 Å². The number of nitrogens with one attached hydrogen (secondary N) is 1. The number of anilines is 1. The fourth-order valence-electron chi connectivity index (χ4n) is 2.54. The van der Waals surface area contributed by atoms with Crippen LogP contribution < -0.4 is 14.8 Å². The maximum atomic E-state index is 12.7. The lowest BCUT2D eigenvalue weighted by Gasteiger charge is -2.13. The van der Waals surface area contributed by atoms with Gasteiger partial charge in [0.05, 0.1) is 25.0 Å². The van der Waals surface area contributed by atoms with Gasteiger partial charge in [0.25, 0.3) is 0 Å². The molecule has 1 N–H and O–H groups in total. The molecule has 1 heterocycles. The molecule has 6 nitrogen and oxygen atoms in total. The van der Waals surface area contributed by atoms with Crippen LogP contribution in [0.5, 0.6) is 11.5 Å². The minimum atomic E-state index is -0.251. The van der Waals surface area contributed by atoms with Crippen molar-refractivity contribution < 1.29 is 14.3 Å². The summed E-state index contributed by atoms with van der Waals surface area (Å²) in [4.78, 5) is 13.7. The Kier molecular flexibility index (Phi) is 7.35. The second-order valence-corrected chi connectivity index (χ2v) is 8.63. The van der Waals surface area contributed by atoms with Gasteiger partial charge >= 0.3 is 0 Å². The molecule has 1 atom stereocenters. The minimum absolute atomic E-state index is 0.114. The molecule has 0 bridgehead atoms. The Balaban J connectivity index is 1.71.